The van der Waals surface area contributed by atoms with Crippen molar-refractivity contribution in [1.29, 1.82) is 0 Å². The van der Waals surface area contributed by atoms with E-state index in [1.807, 2.05) is 6.92 Å². The van der Waals surface area contributed by atoms with Gasteiger partial charge in [0, 0.05) is 30.1 Å². The molecular formula is C23H31N5O5S. The number of carbonyl (C=O) groups excluding carboxylic acids is 1. The molecule has 1 atom stereocenters. The van der Waals surface area contributed by atoms with E-state index in [4.69, 9.17) is 9.72 Å². The van der Waals surface area contributed by atoms with Crippen molar-refractivity contribution in [2.75, 3.05) is 49.3 Å². The van der Waals surface area contributed by atoms with Gasteiger partial charge in [-0.1, -0.05) is 0 Å². The maximum atomic E-state index is 12.6. The van der Waals surface area contributed by atoms with E-state index in [2.05, 4.69) is 15.2 Å². The van der Waals surface area contributed by atoms with Gasteiger partial charge in [0.05, 0.1) is 44.1 Å². The monoisotopic (exact) mass is 489 g/mol. The highest BCUT2D eigenvalue weighted by molar-refractivity contribution is 7.91. The molecule has 0 radical (unpaired) electrons. The highest BCUT2D eigenvalue weighted by Crippen LogP contribution is 2.32. The van der Waals surface area contributed by atoms with Crippen LogP contribution in [0.3, 0.4) is 0 Å². The first-order valence-corrected chi connectivity index (χ1v) is 13.1. The van der Waals surface area contributed by atoms with Crippen LogP contribution in [0.1, 0.15) is 26.5 Å². The van der Waals surface area contributed by atoms with E-state index in [9.17, 15) is 18.3 Å². The SMILES string of the molecule is C[C@H]1COCCN1c1cc(C(C)(C)S(C)(=O)=O)nc(-c2ccc(NC(=O)N3CC(O)C3)cc2)n1. The van der Waals surface area contributed by atoms with Crippen LogP contribution in [0.4, 0.5) is 16.3 Å². The van der Waals surface area contributed by atoms with Crippen LogP contribution in [0.25, 0.3) is 11.4 Å². The predicted molar refractivity (Wildman–Crippen MR) is 130 cm³/mol. The second-order valence-corrected chi connectivity index (χ2v) is 12.0. The number of hydrogen-bond donors (Lipinski definition) is 2. The molecule has 0 spiro atoms. The van der Waals surface area contributed by atoms with Gasteiger partial charge in [-0.05, 0) is 45.0 Å². The molecule has 10 nitrogen and oxygen atoms in total. The Bertz CT molecular complexity index is 1160. The minimum absolute atomic E-state index is 0.0864. The number of rotatable bonds is 5. The van der Waals surface area contributed by atoms with Crippen molar-refractivity contribution in [2.45, 2.75) is 37.7 Å². The number of aliphatic hydroxyl groups is 1. The van der Waals surface area contributed by atoms with Gasteiger partial charge in [-0.15, -0.1) is 0 Å². The van der Waals surface area contributed by atoms with Gasteiger partial charge in [0.2, 0.25) is 0 Å². The number of aliphatic hydroxyl groups excluding tert-OH is 1. The number of benzene rings is 1. The second kappa shape index (κ2) is 9.12. The molecular weight excluding hydrogens is 458 g/mol. The van der Waals surface area contributed by atoms with Gasteiger partial charge in [0.15, 0.2) is 15.7 Å². The molecule has 2 aliphatic heterocycles. The Hall–Kier alpha value is -2.76. The molecule has 1 aromatic heterocycles. The number of aromatic nitrogens is 2. The van der Waals surface area contributed by atoms with Crippen molar-refractivity contribution < 1.29 is 23.1 Å². The summed E-state index contributed by atoms with van der Waals surface area (Å²) in [5.41, 5.74) is 1.72. The van der Waals surface area contributed by atoms with Crippen LogP contribution < -0.4 is 10.2 Å². The van der Waals surface area contributed by atoms with Gasteiger partial charge in [0.1, 0.15) is 10.6 Å². The lowest BCUT2D eigenvalue weighted by molar-refractivity contribution is 0.0309. The Kier molecular flexibility index (Phi) is 6.54. The molecule has 2 N–H and O–H groups in total. The topological polar surface area (TPSA) is 125 Å². The molecule has 3 heterocycles. The first-order chi connectivity index (χ1) is 16.0. The van der Waals surface area contributed by atoms with Crippen molar-refractivity contribution in [3.8, 4) is 11.4 Å². The van der Waals surface area contributed by atoms with E-state index in [0.717, 1.165) is 0 Å². The van der Waals surface area contributed by atoms with E-state index in [-0.39, 0.29) is 12.1 Å². The summed E-state index contributed by atoms with van der Waals surface area (Å²) in [7, 11) is -3.45. The van der Waals surface area contributed by atoms with E-state index in [1.54, 1.807) is 44.2 Å². The lowest BCUT2D eigenvalue weighted by atomic mass is 10.1. The molecule has 2 aliphatic rings. The van der Waals surface area contributed by atoms with Crippen molar-refractivity contribution in [1.82, 2.24) is 14.9 Å². The number of nitrogens with zero attached hydrogens (tertiary/aromatic N) is 4. The molecule has 184 valence electrons. The molecule has 4 rings (SSSR count). The predicted octanol–water partition coefficient (Wildman–Crippen LogP) is 1.86. The summed E-state index contributed by atoms with van der Waals surface area (Å²) in [4.78, 5) is 25.2. The molecule has 11 heteroatoms. The molecule has 0 bridgehead atoms. The number of sulfone groups is 1. The van der Waals surface area contributed by atoms with Crippen molar-refractivity contribution >= 4 is 27.4 Å². The zero-order valence-electron chi connectivity index (χ0n) is 19.9. The normalized spacial score (nSPS) is 19.6. The standard InChI is InChI=1S/C23H31N5O5S/c1-15-14-33-10-9-28(15)20-11-19(23(2,3)34(4,31)32)25-21(26-20)16-5-7-17(8-6-16)24-22(30)27-12-18(29)13-27/h5-8,11,15,18,29H,9-10,12-14H2,1-4H3,(H,24,30)/t15-/m0/s1. The third-order valence-electron chi connectivity index (χ3n) is 6.46. The summed E-state index contributed by atoms with van der Waals surface area (Å²) in [5, 5.41) is 12.2. The number of urea groups is 1. The quantitative estimate of drug-likeness (QED) is 0.652. The number of β-amino-alcohol motifs (C(OH)–C–C–N with tert-alkyl or cyclic N) is 1. The van der Waals surface area contributed by atoms with Crippen LogP contribution in [0.2, 0.25) is 0 Å². The number of morpholine rings is 1. The summed E-state index contributed by atoms with van der Waals surface area (Å²) >= 11 is 0. The smallest absolute Gasteiger partial charge is 0.322 e. The average Bonchev–Trinajstić information content (AvgIpc) is 2.76. The largest absolute Gasteiger partial charge is 0.389 e. The fraction of sp³-hybridized carbons (Fsp3) is 0.522. The van der Waals surface area contributed by atoms with Gasteiger partial charge < -0.3 is 25.0 Å². The van der Waals surface area contributed by atoms with Gasteiger partial charge in [-0.3, -0.25) is 0 Å². The molecule has 0 saturated carbocycles. The fourth-order valence-electron chi connectivity index (χ4n) is 3.80. The molecule has 2 amide bonds. The summed E-state index contributed by atoms with van der Waals surface area (Å²) in [5.74, 6) is 1.06. The number of likely N-dealkylation sites (tertiary alicyclic amines) is 1. The number of carbonyl (C=O) groups is 1. The molecule has 0 unspecified atom stereocenters. The van der Waals surface area contributed by atoms with Crippen LogP contribution in [0.5, 0.6) is 0 Å². The van der Waals surface area contributed by atoms with Gasteiger partial charge in [-0.25, -0.2) is 23.2 Å². The molecule has 2 fully saturated rings. The highest BCUT2D eigenvalue weighted by atomic mass is 32.2. The van der Waals surface area contributed by atoms with Crippen molar-refractivity contribution in [3.63, 3.8) is 0 Å². The Balaban J connectivity index is 1.67. The van der Waals surface area contributed by atoms with Crippen LogP contribution in [-0.4, -0.2) is 85.7 Å². The number of ether oxygens (including phenoxy) is 1. The minimum atomic E-state index is -3.45. The fourth-order valence-corrected chi connectivity index (χ4v) is 4.29. The zero-order valence-corrected chi connectivity index (χ0v) is 20.7. The highest BCUT2D eigenvalue weighted by Gasteiger charge is 2.36. The van der Waals surface area contributed by atoms with Crippen LogP contribution >= 0.6 is 0 Å². The second-order valence-electron chi connectivity index (χ2n) is 9.40. The van der Waals surface area contributed by atoms with Gasteiger partial charge >= 0.3 is 6.03 Å². The molecule has 34 heavy (non-hydrogen) atoms. The Morgan fingerprint density at radius 1 is 1.21 bits per heavy atom. The maximum Gasteiger partial charge on any atom is 0.322 e. The van der Waals surface area contributed by atoms with E-state index in [0.29, 0.717) is 61.4 Å². The summed E-state index contributed by atoms with van der Waals surface area (Å²) < 4.78 is 29.4. The van der Waals surface area contributed by atoms with Crippen LogP contribution in [-0.2, 0) is 19.3 Å². The third-order valence-corrected chi connectivity index (χ3v) is 8.53. The first kappa shape index (κ1) is 24.4. The number of anilines is 2. The first-order valence-electron chi connectivity index (χ1n) is 11.2. The summed E-state index contributed by atoms with van der Waals surface area (Å²) in [6, 6.07) is 8.65. The van der Waals surface area contributed by atoms with E-state index < -0.39 is 20.7 Å². The minimum Gasteiger partial charge on any atom is -0.389 e. The summed E-state index contributed by atoms with van der Waals surface area (Å²) in [6.45, 7) is 7.75. The van der Waals surface area contributed by atoms with E-state index in [1.165, 1.54) is 11.2 Å². The number of hydrogen-bond acceptors (Lipinski definition) is 8. The average molecular weight is 490 g/mol. The lowest BCUT2D eigenvalue weighted by Crippen LogP contribution is -2.54. The van der Waals surface area contributed by atoms with Crippen molar-refractivity contribution in [2.24, 2.45) is 0 Å². The number of amides is 2. The maximum absolute atomic E-state index is 12.6. The Morgan fingerprint density at radius 3 is 2.47 bits per heavy atom. The van der Waals surface area contributed by atoms with E-state index >= 15 is 0 Å². The molecule has 0 aliphatic carbocycles. The Morgan fingerprint density at radius 2 is 1.88 bits per heavy atom. The molecule has 2 saturated heterocycles. The molecule has 2 aromatic rings. The third kappa shape index (κ3) is 4.86. The van der Waals surface area contributed by atoms with Gasteiger partial charge in [0.25, 0.3) is 0 Å². The zero-order chi connectivity index (χ0) is 24.7. The summed E-state index contributed by atoms with van der Waals surface area (Å²) in [6.07, 6.45) is 0.748. The number of nitrogens with one attached hydrogen (secondary N) is 1. The Labute approximate surface area is 199 Å². The van der Waals surface area contributed by atoms with Crippen LogP contribution in [0, 0.1) is 0 Å². The lowest BCUT2D eigenvalue weighted by Gasteiger charge is -2.35. The molecule has 1 aromatic carbocycles. The van der Waals surface area contributed by atoms with Crippen LogP contribution in [0.15, 0.2) is 30.3 Å². The van der Waals surface area contributed by atoms with Crippen molar-refractivity contribution in [3.05, 3.63) is 36.0 Å². The van der Waals surface area contributed by atoms with Gasteiger partial charge in [-0.2, -0.15) is 0 Å².